The molecule has 0 atom stereocenters. The van der Waals surface area contributed by atoms with E-state index in [0.29, 0.717) is 23.4 Å². The van der Waals surface area contributed by atoms with Crippen molar-refractivity contribution < 1.29 is 14.3 Å². The van der Waals surface area contributed by atoms with Gasteiger partial charge < -0.3 is 10.1 Å². The predicted octanol–water partition coefficient (Wildman–Crippen LogP) is 3.52. The van der Waals surface area contributed by atoms with Crippen LogP contribution >= 0.6 is 0 Å². The number of hydrogen-bond donors (Lipinski definition) is 1. The summed E-state index contributed by atoms with van der Waals surface area (Å²) in [7, 11) is 1.55. The van der Waals surface area contributed by atoms with Crippen LogP contribution in [0, 0.1) is 13.8 Å². The van der Waals surface area contributed by atoms with E-state index in [1.807, 2.05) is 44.2 Å². The second kappa shape index (κ2) is 7.04. The average molecular weight is 350 g/mol. The second-order valence-corrected chi connectivity index (χ2v) is 6.25. The minimum absolute atomic E-state index is 0.285. The highest BCUT2D eigenvalue weighted by atomic mass is 16.5. The number of rotatable bonds is 5. The van der Waals surface area contributed by atoms with Crippen LogP contribution in [0.25, 0.3) is 5.57 Å². The zero-order valence-electron chi connectivity index (χ0n) is 15.4. The maximum Gasteiger partial charge on any atom is 0.278 e. The van der Waals surface area contributed by atoms with Gasteiger partial charge in [-0.15, -0.1) is 0 Å². The van der Waals surface area contributed by atoms with Crippen molar-refractivity contribution in [2.24, 2.45) is 0 Å². The molecule has 0 saturated carbocycles. The van der Waals surface area contributed by atoms with Gasteiger partial charge in [-0.2, -0.15) is 0 Å². The fourth-order valence-corrected chi connectivity index (χ4v) is 3.17. The Labute approximate surface area is 153 Å². The van der Waals surface area contributed by atoms with Crippen LogP contribution in [-0.2, 0) is 9.59 Å². The first kappa shape index (κ1) is 17.7. The fourth-order valence-electron chi connectivity index (χ4n) is 3.17. The van der Waals surface area contributed by atoms with E-state index in [-0.39, 0.29) is 17.5 Å². The molecule has 0 fully saturated rings. The zero-order chi connectivity index (χ0) is 18.8. The number of para-hydroxylation sites is 1. The number of nitrogens with one attached hydrogen (secondary N) is 1. The van der Waals surface area contributed by atoms with Crippen molar-refractivity contribution in [2.45, 2.75) is 20.8 Å². The van der Waals surface area contributed by atoms with E-state index in [4.69, 9.17) is 4.74 Å². The number of likely N-dealkylation sites (N-methyl/N-ethyl adjacent to an activating group) is 1. The van der Waals surface area contributed by atoms with Crippen LogP contribution in [0.2, 0.25) is 0 Å². The lowest BCUT2D eigenvalue weighted by Crippen LogP contribution is -2.32. The van der Waals surface area contributed by atoms with Gasteiger partial charge >= 0.3 is 0 Å². The maximum atomic E-state index is 12.9. The molecule has 26 heavy (non-hydrogen) atoms. The Bertz CT molecular complexity index is 915. The highest BCUT2D eigenvalue weighted by Gasteiger charge is 2.39. The monoisotopic (exact) mass is 350 g/mol. The summed E-state index contributed by atoms with van der Waals surface area (Å²) in [5.41, 5.74) is 4.18. The van der Waals surface area contributed by atoms with Crippen LogP contribution < -0.4 is 10.1 Å². The normalized spacial score (nSPS) is 14.2. The Morgan fingerprint density at radius 3 is 2.42 bits per heavy atom. The van der Waals surface area contributed by atoms with Gasteiger partial charge in [0.15, 0.2) is 0 Å². The summed E-state index contributed by atoms with van der Waals surface area (Å²) in [6, 6.07) is 13.2. The number of methoxy groups -OCH3 is 1. The summed E-state index contributed by atoms with van der Waals surface area (Å²) in [5, 5.41) is 3.19. The van der Waals surface area contributed by atoms with E-state index in [9.17, 15) is 9.59 Å². The molecule has 5 heteroatoms. The number of amides is 2. The molecule has 2 aromatic carbocycles. The lowest BCUT2D eigenvalue weighted by molar-refractivity contribution is -0.136. The number of ether oxygens (including phenoxy) is 1. The van der Waals surface area contributed by atoms with Crippen LogP contribution in [0.5, 0.6) is 5.75 Å². The summed E-state index contributed by atoms with van der Waals surface area (Å²) in [4.78, 5) is 27.0. The van der Waals surface area contributed by atoms with E-state index in [2.05, 4.69) is 5.32 Å². The molecule has 2 aromatic rings. The quantitative estimate of drug-likeness (QED) is 0.838. The Morgan fingerprint density at radius 2 is 1.77 bits per heavy atom. The second-order valence-electron chi connectivity index (χ2n) is 6.25. The van der Waals surface area contributed by atoms with Crippen LogP contribution in [0.4, 0.5) is 5.69 Å². The molecule has 0 aromatic heterocycles. The Kier molecular flexibility index (Phi) is 4.80. The topological polar surface area (TPSA) is 58.6 Å². The molecule has 1 aliphatic heterocycles. The van der Waals surface area contributed by atoms with E-state index in [1.165, 1.54) is 4.90 Å². The molecule has 2 amide bonds. The lowest BCUT2D eigenvalue weighted by atomic mass is 10.0. The minimum Gasteiger partial charge on any atom is -0.496 e. The van der Waals surface area contributed by atoms with Crippen LogP contribution in [0.3, 0.4) is 0 Å². The van der Waals surface area contributed by atoms with Gasteiger partial charge in [0.05, 0.1) is 12.7 Å². The first-order chi connectivity index (χ1) is 12.5. The van der Waals surface area contributed by atoms with Gasteiger partial charge in [-0.25, -0.2) is 0 Å². The Morgan fingerprint density at radius 1 is 1.04 bits per heavy atom. The van der Waals surface area contributed by atoms with E-state index in [0.717, 1.165) is 16.8 Å². The average Bonchev–Trinajstić information content (AvgIpc) is 2.86. The van der Waals surface area contributed by atoms with Crippen molar-refractivity contribution in [3.63, 3.8) is 0 Å². The number of hydrogen-bond acceptors (Lipinski definition) is 4. The molecule has 134 valence electrons. The van der Waals surface area contributed by atoms with Gasteiger partial charge in [-0.3, -0.25) is 14.5 Å². The van der Waals surface area contributed by atoms with Crippen LogP contribution in [0.15, 0.2) is 48.2 Å². The van der Waals surface area contributed by atoms with Gasteiger partial charge in [0.1, 0.15) is 11.4 Å². The molecule has 0 bridgehead atoms. The number of benzene rings is 2. The smallest absolute Gasteiger partial charge is 0.278 e. The third-order valence-electron chi connectivity index (χ3n) is 4.50. The molecule has 0 radical (unpaired) electrons. The first-order valence-corrected chi connectivity index (χ1v) is 8.56. The number of nitrogens with zero attached hydrogens (tertiary/aromatic N) is 1. The summed E-state index contributed by atoms with van der Waals surface area (Å²) in [5.74, 6) is -0.0748. The zero-order valence-corrected chi connectivity index (χ0v) is 15.4. The molecule has 1 heterocycles. The maximum absolute atomic E-state index is 12.9. The Hall–Kier alpha value is -3.08. The molecule has 3 rings (SSSR count). The third kappa shape index (κ3) is 2.96. The summed E-state index contributed by atoms with van der Waals surface area (Å²) < 4.78 is 5.40. The predicted molar refractivity (Wildman–Crippen MR) is 102 cm³/mol. The lowest BCUT2D eigenvalue weighted by Gasteiger charge is -2.13. The highest BCUT2D eigenvalue weighted by molar-refractivity contribution is 6.37. The molecule has 0 saturated heterocycles. The van der Waals surface area contributed by atoms with E-state index >= 15 is 0 Å². The fraction of sp³-hybridized carbons (Fsp3) is 0.238. The van der Waals surface area contributed by atoms with Gasteiger partial charge in [0.25, 0.3) is 11.8 Å². The molecule has 5 nitrogen and oxygen atoms in total. The molecule has 1 aliphatic rings. The number of carbonyl (C=O) groups excluding carboxylic acids is 2. The number of carbonyl (C=O) groups is 2. The van der Waals surface area contributed by atoms with Crippen molar-refractivity contribution in [1.29, 1.82) is 0 Å². The van der Waals surface area contributed by atoms with Crippen molar-refractivity contribution in [3.8, 4) is 5.75 Å². The molecular formula is C21H22N2O3. The van der Waals surface area contributed by atoms with Crippen molar-refractivity contribution >= 4 is 23.1 Å². The van der Waals surface area contributed by atoms with E-state index in [1.54, 1.807) is 26.2 Å². The minimum atomic E-state index is -0.321. The summed E-state index contributed by atoms with van der Waals surface area (Å²) in [6.07, 6.45) is 0. The number of anilines is 1. The largest absolute Gasteiger partial charge is 0.496 e. The van der Waals surface area contributed by atoms with Crippen LogP contribution in [-0.4, -0.2) is 30.4 Å². The van der Waals surface area contributed by atoms with Crippen molar-refractivity contribution in [1.82, 2.24) is 4.90 Å². The summed E-state index contributed by atoms with van der Waals surface area (Å²) >= 11 is 0. The molecule has 0 aliphatic carbocycles. The van der Waals surface area contributed by atoms with E-state index < -0.39 is 0 Å². The highest BCUT2D eigenvalue weighted by Crippen LogP contribution is 2.35. The van der Waals surface area contributed by atoms with Gasteiger partial charge in [0.2, 0.25) is 0 Å². The first-order valence-electron chi connectivity index (χ1n) is 8.56. The SMILES string of the molecule is CCN1C(=O)C(Nc2ccc(C)cc2C)=C(c2ccccc2OC)C1=O. The summed E-state index contributed by atoms with van der Waals surface area (Å²) in [6.45, 7) is 6.08. The number of aryl methyl sites for hydroxylation is 2. The van der Waals surface area contributed by atoms with Gasteiger partial charge in [0, 0.05) is 17.8 Å². The molecule has 0 unspecified atom stereocenters. The molecule has 0 spiro atoms. The van der Waals surface area contributed by atoms with Gasteiger partial charge in [-0.05, 0) is 38.5 Å². The standard InChI is InChI=1S/C21H22N2O3/c1-5-23-20(24)18(15-8-6-7-9-17(15)26-4)19(21(23)25)22-16-11-10-13(2)12-14(16)3/h6-12,22H,5H2,1-4H3. The molecule has 1 N–H and O–H groups in total. The Balaban J connectivity index is 2.16. The number of imide groups is 1. The molecular weight excluding hydrogens is 328 g/mol. The van der Waals surface area contributed by atoms with Crippen molar-refractivity contribution in [2.75, 3.05) is 19.0 Å². The van der Waals surface area contributed by atoms with Crippen LogP contribution in [0.1, 0.15) is 23.6 Å². The van der Waals surface area contributed by atoms with Gasteiger partial charge in [-0.1, -0.05) is 35.9 Å². The van der Waals surface area contributed by atoms with Crippen molar-refractivity contribution in [3.05, 3.63) is 64.9 Å². The third-order valence-corrected chi connectivity index (χ3v) is 4.50.